The lowest BCUT2D eigenvalue weighted by Gasteiger charge is -2.66. The number of fused-ring (bicyclic) bond motifs is 5. The molecule has 1 saturated heterocycles. The number of hydrogen-bond acceptors (Lipinski definition) is 4. The zero-order valence-corrected chi connectivity index (χ0v) is 22.5. The summed E-state index contributed by atoms with van der Waals surface area (Å²) in [6.07, 6.45) is 8.80. The quantitative estimate of drug-likeness (QED) is 0.528. The van der Waals surface area contributed by atoms with E-state index in [9.17, 15) is 14.7 Å². The Balaban J connectivity index is 1.51. The smallest absolute Gasteiger partial charge is 0.160 e. The average Bonchev–Trinajstić information content (AvgIpc) is 3.26. The van der Waals surface area contributed by atoms with E-state index in [0.717, 1.165) is 24.8 Å². The van der Waals surface area contributed by atoms with Gasteiger partial charge in [-0.3, -0.25) is 9.59 Å². The van der Waals surface area contributed by atoms with Crippen LogP contribution in [0.5, 0.6) is 0 Å². The third kappa shape index (κ3) is 3.03. The maximum absolute atomic E-state index is 13.6. The molecule has 4 heteroatoms. The van der Waals surface area contributed by atoms with Crippen molar-refractivity contribution in [2.75, 3.05) is 0 Å². The molecular formula is C30H44O4. The number of hydrogen-bond donors (Lipinski definition) is 1. The monoisotopic (exact) mass is 468 g/mol. The van der Waals surface area contributed by atoms with Crippen LogP contribution >= 0.6 is 0 Å². The van der Waals surface area contributed by atoms with Crippen molar-refractivity contribution in [3.8, 4) is 0 Å². The zero-order chi connectivity index (χ0) is 25.1. The molecule has 8 atom stereocenters. The Labute approximate surface area is 205 Å². The van der Waals surface area contributed by atoms with Crippen LogP contribution in [0.3, 0.4) is 0 Å². The van der Waals surface area contributed by atoms with Crippen molar-refractivity contribution in [3.05, 3.63) is 23.3 Å². The maximum Gasteiger partial charge on any atom is 0.160 e. The molecule has 0 aromatic rings. The molecule has 0 bridgehead atoms. The molecule has 4 nitrogen and oxygen atoms in total. The lowest BCUT2D eigenvalue weighted by molar-refractivity contribution is -0.165. The highest BCUT2D eigenvalue weighted by Gasteiger charge is 2.67. The van der Waals surface area contributed by atoms with Gasteiger partial charge in [0, 0.05) is 29.2 Å². The van der Waals surface area contributed by atoms with E-state index >= 15 is 0 Å². The largest absolute Gasteiger partial charge is 0.390 e. The highest BCUT2D eigenvalue weighted by atomic mass is 16.6. The fourth-order valence-corrected chi connectivity index (χ4v) is 9.25. The van der Waals surface area contributed by atoms with Crippen molar-refractivity contribution < 1.29 is 19.4 Å². The van der Waals surface area contributed by atoms with Crippen LogP contribution in [0, 0.1) is 39.4 Å². The summed E-state index contributed by atoms with van der Waals surface area (Å²) >= 11 is 0. The molecule has 0 amide bonds. The summed E-state index contributed by atoms with van der Waals surface area (Å²) in [4.78, 5) is 26.4. The molecule has 0 spiro atoms. The number of epoxide rings is 1. The number of allylic oxidation sites excluding steroid dienone is 4. The minimum Gasteiger partial charge on any atom is -0.390 e. The second-order valence-corrected chi connectivity index (χ2v) is 14.1. The summed E-state index contributed by atoms with van der Waals surface area (Å²) in [6, 6.07) is 0. The number of aliphatic hydroxyl groups excluding tert-OH is 1. The van der Waals surface area contributed by atoms with Crippen molar-refractivity contribution in [2.45, 2.75) is 112 Å². The highest BCUT2D eigenvalue weighted by molar-refractivity contribution is 6.01. The summed E-state index contributed by atoms with van der Waals surface area (Å²) in [5.41, 5.74) is 1.45. The van der Waals surface area contributed by atoms with E-state index in [1.54, 1.807) is 0 Å². The van der Waals surface area contributed by atoms with Crippen molar-refractivity contribution in [3.63, 3.8) is 0 Å². The number of aliphatic hydroxyl groups is 1. The highest BCUT2D eigenvalue weighted by Crippen LogP contribution is 2.72. The van der Waals surface area contributed by atoms with Gasteiger partial charge in [-0.25, -0.2) is 0 Å². The zero-order valence-electron chi connectivity index (χ0n) is 22.5. The van der Waals surface area contributed by atoms with Crippen LogP contribution in [0.15, 0.2) is 23.3 Å². The molecule has 3 fully saturated rings. The molecule has 0 aromatic heterocycles. The van der Waals surface area contributed by atoms with Crippen LogP contribution in [0.4, 0.5) is 0 Å². The Morgan fingerprint density at radius 1 is 1.09 bits per heavy atom. The molecule has 1 N–H and O–H groups in total. The van der Waals surface area contributed by atoms with Gasteiger partial charge in [-0.2, -0.15) is 0 Å². The first kappa shape index (κ1) is 24.4. The van der Waals surface area contributed by atoms with Crippen molar-refractivity contribution in [1.82, 2.24) is 0 Å². The third-order valence-electron chi connectivity index (χ3n) is 11.5. The molecule has 0 radical (unpaired) electrons. The van der Waals surface area contributed by atoms with E-state index in [2.05, 4.69) is 53.7 Å². The van der Waals surface area contributed by atoms with Gasteiger partial charge >= 0.3 is 0 Å². The third-order valence-corrected chi connectivity index (χ3v) is 11.5. The van der Waals surface area contributed by atoms with E-state index in [4.69, 9.17) is 4.74 Å². The minimum absolute atomic E-state index is 0.00212. The van der Waals surface area contributed by atoms with Gasteiger partial charge in [0.1, 0.15) is 11.9 Å². The van der Waals surface area contributed by atoms with Gasteiger partial charge < -0.3 is 9.84 Å². The molecule has 0 aromatic carbocycles. The molecule has 5 rings (SSSR count). The van der Waals surface area contributed by atoms with Crippen molar-refractivity contribution in [1.29, 1.82) is 0 Å². The number of carbonyl (C=O) groups is 2. The Kier molecular flexibility index (Phi) is 5.14. The van der Waals surface area contributed by atoms with E-state index < -0.39 is 6.10 Å². The molecular weight excluding hydrogens is 424 g/mol. The fourth-order valence-electron chi connectivity index (χ4n) is 9.25. The van der Waals surface area contributed by atoms with Crippen molar-refractivity contribution >= 4 is 11.6 Å². The van der Waals surface area contributed by atoms with Gasteiger partial charge in [0.2, 0.25) is 0 Å². The van der Waals surface area contributed by atoms with Crippen LogP contribution in [-0.4, -0.2) is 34.5 Å². The topological polar surface area (TPSA) is 66.9 Å². The Morgan fingerprint density at radius 3 is 2.35 bits per heavy atom. The molecule has 2 saturated carbocycles. The summed E-state index contributed by atoms with van der Waals surface area (Å²) in [5, 5.41) is 10.8. The lowest BCUT2D eigenvalue weighted by Crippen LogP contribution is -2.61. The molecule has 0 unspecified atom stereocenters. The number of ketones is 2. The van der Waals surface area contributed by atoms with Crippen molar-refractivity contribution in [2.24, 2.45) is 39.4 Å². The van der Waals surface area contributed by atoms with E-state index in [-0.39, 0.29) is 45.1 Å². The molecule has 34 heavy (non-hydrogen) atoms. The summed E-state index contributed by atoms with van der Waals surface area (Å²) in [6.45, 7) is 17.6. The first-order valence-corrected chi connectivity index (χ1v) is 13.4. The van der Waals surface area contributed by atoms with Gasteiger partial charge in [0.15, 0.2) is 5.78 Å². The second-order valence-electron chi connectivity index (χ2n) is 14.1. The Bertz CT molecular complexity index is 1000. The van der Waals surface area contributed by atoms with Crippen LogP contribution in [0.2, 0.25) is 0 Å². The molecule has 5 aliphatic rings. The molecule has 1 heterocycles. The second kappa shape index (κ2) is 7.16. The first-order valence-electron chi connectivity index (χ1n) is 13.4. The first-order chi connectivity index (χ1) is 15.6. The Morgan fingerprint density at radius 2 is 1.74 bits per heavy atom. The van der Waals surface area contributed by atoms with Crippen LogP contribution in [-0.2, 0) is 14.3 Å². The number of ether oxygens (including phenoxy) is 1. The number of Topliss-reactive ketones (excluding diaryl/α,β-unsaturated/α-hetero) is 2. The van der Waals surface area contributed by atoms with E-state index in [1.165, 1.54) is 5.57 Å². The minimum atomic E-state index is -0.551. The maximum atomic E-state index is 13.6. The SMILES string of the molecule is C[C@H](C[C@H](O)[C@H]1OC1(C)C)C1=C2C=C[C@H]3[C@@]4(C)CCC(=O)C(C)(C)[C@@H]4CC[C@]3(C)[C@@]2(C)CC1=O. The van der Waals surface area contributed by atoms with Gasteiger partial charge in [-0.05, 0) is 73.7 Å². The van der Waals surface area contributed by atoms with Crippen LogP contribution < -0.4 is 0 Å². The lowest BCUT2D eigenvalue weighted by atomic mass is 9.37. The predicted molar refractivity (Wildman–Crippen MR) is 133 cm³/mol. The average molecular weight is 469 g/mol. The van der Waals surface area contributed by atoms with Gasteiger partial charge in [-0.15, -0.1) is 0 Å². The molecule has 4 aliphatic carbocycles. The Hall–Kier alpha value is -1.26. The van der Waals surface area contributed by atoms with Crippen LogP contribution in [0.25, 0.3) is 0 Å². The summed E-state index contributed by atoms with van der Waals surface area (Å²) < 4.78 is 5.67. The van der Waals surface area contributed by atoms with Gasteiger partial charge in [0.05, 0.1) is 11.7 Å². The van der Waals surface area contributed by atoms with Gasteiger partial charge in [0.25, 0.3) is 0 Å². The van der Waals surface area contributed by atoms with E-state index in [1.807, 2.05) is 13.8 Å². The summed E-state index contributed by atoms with van der Waals surface area (Å²) in [5.74, 6) is 1.41. The predicted octanol–water partition coefficient (Wildman–Crippen LogP) is 5.82. The van der Waals surface area contributed by atoms with Gasteiger partial charge in [-0.1, -0.05) is 53.7 Å². The standard InChI is InChI=1S/C30H44O4/c1-17(15-19(31)25-27(4,5)34-25)24-18-9-10-22-28(6)13-12-23(33)26(2,3)21(28)11-14-29(22,7)30(18,8)16-20(24)32/h9-10,17,19,21-22,25,31H,11-16H2,1-8H3/t17-,19+,21+,22+,25-,28+,29+,30+/m1/s1. The fraction of sp³-hybridized carbons (Fsp3) is 0.800. The number of rotatable bonds is 4. The van der Waals surface area contributed by atoms with E-state index in [0.29, 0.717) is 36.9 Å². The molecule has 188 valence electrons. The molecule has 1 aliphatic heterocycles. The summed E-state index contributed by atoms with van der Waals surface area (Å²) in [7, 11) is 0. The normalized spacial score (nSPS) is 46.0. The van der Waals surface area contributed by atoms with Crippen LogP contribution in [0.1, 0.15) is 93.9 Å². The number of carbonyl (C=O) groups excluding carboxylic acids is 2.